The Balaban J connectivity index is 2.40. The highest BCUT2D eigenvalue weighted by Crippen LogP contribution is 2.28. The van der Waals surface area contributed by atoms with Crippen molar-refractivity contribution in [2.75, 3.05) is 18.8 Å². The largest absolute Gasteiger partial charge is 0.399 e. The van der Waals surface area contributed by atoms with Gasteiger partial charge in [-0.05, 0) is 18.2 Å². The zero-order valence-electron chi connectivity index (χ0n) is 9.32. The molecule has 1 aliphatic rings. The Labute approximate surface area is 110 Å². The van der Waals surface area contributed by atoms with Gasteiger partial charge in [-0.3, -0.25) is 0 Å². The molecule has 0 unspecified atom stereocenters. The predicted octanol–water partition coefficient (Wildman–Crippen LogP) is -0.352. The van der Waals surface area contributed by atoms with Crippen molar-refractivity contribution < 1.29 is 18.6 Å². The summed E-state index contributed by atoms with van der Waals surface area (Å²) in [5, 5.41) is 18.8. The number of benzene rings is 1. The molecule has 1 aromatic rings. The van der Waals surface area contributed by atoms with E-state index in [2.05, 4.69) is 0 Å². The van der Waals surface area contributed by atoms with Crippen LogP contribution in [0.2, 0.25) is 5.02 Å². The third-order valence-electron chi connectivity index (χ3n) is 2.80. The summed E-state index contributed by atoms with van der Waals surface area (Å²) in [5.41, 5.74) is 5.81. The normalized spacial score (nSPS) is 25.5. The monoisotopic (exact) mass is 292 g/mol. The molecule has 1 saturated heterocycles. The summed E-state index contributed by atoms with van der Waals surface area (Å²) in [6.07, 6.45) is -2.17. The van der Waals surface area contributed by atoms with Gasteiger partial charge in [0.2, 0.25) is 10.0 Å². The minimum absolute atomic E-state index is 0.0556. The second kappa shape index (κ2) is 4.67. The van der Waals surface area contributed by atoms with Gasteiger partial charge >= 0.3 is 0 Å². The Hall–Kier alpha value is -0.860. The molecule has 2 atom stereocenters. The molecular formula is C10H13ClN2O4S. The molecule has 0 amide bonds. The molecule has 1 fully saturated rings. The Morgan fingerprint density at radius 1 is 1.28 bits per heavy atom. The van der Waals surface area contributed by atoms with Crippen molar-refractivity contribution in [2.45, 2.75) is 17.1 Å². The molecule has 1 aliphatic heterocycles. The van der Waals surface area contributed by atoms with E-state index >= 15 is 0 Å². The van der Waals surface area contributed by atoms with Gasteiger partial charge in [0, 0.05) is 18.8 Å². The molecule has 8 heteroatoms. The van der Waals surface area contributed by atoms with Gasteiger partial charge in [0.25, 0.3) is 0 Å². The fraction of sp³-hybridized carbons (Fsp3) is 0.400. The fourth-order valence-corrected chi connectivity index (χ4v) is 3.77. The molecule has 0 bridgehead atoms. The second-order valence-electron chi connectivity index (χ2n) is 4.15. The number of halogens is 1. The standard InChI is InChI=1S/C10H13ClN2O4S/c11-7-2-1-6(12)3-10(7)18(16,17)13-4-8(14)9(15)5-13/h1-3,8-9,14-15H,4-5,12H2/t8-,9+. The van der Waals surface area contributed by atoms with E-state index in [0.29, 0.717) is 0 Å². The van der Waals surface area contributed by atoms with Crippen LogP contribution in [0, 0.1) is 0 Å². The minimum Gasteiger partial charge on any atom is -0.399 e. The van der Waals surface area contributed by atoms with E-state index in [1.807, 2.05) is 0 Å². The first-order valence-electron chi connectivity index (χ1n) is 5.23. The second-order valence-corrected chi connectivity index (χ2v) is 6.46. The first kappa shape index (κ1) is 13.6. The van der Waals surface area contributed by atoms with Gasteiger partial charge in [-0.1, -0.05) is 11.6 Å². The van der Waals surface area contributed by atoms with E-state index in [9.17, 15) is 18.6 Å². The van der Waals surface area contributed by atoms with Gasteiger partial charge in [0.1, 0.15) is 4.90 Å². The number of aliphatic hydroxyl groups excluding tert-OH is 2. The van der Waals surface area contributed by atoms with Crippen LogP contribution in [0.25, 0.3) is 0 Å². The van der Waals surface area contributed by atoms with Gasteiger partial charge < -0.3 is 15.9 Å². The van der Waals surface area contributed by atoms with Crippen LogP contribution in [0.5, 0.6) is 0 Å². The van der Waals surface area contributed by atoms with Gasteiger partial charge in [-0.25, -0.2) is 8.42 Å². The summed E-state index contributed by atoms with van der Waals surface area (Å²) >= 11 is 5.85. The molecule has 4 N–H and O–H groups in total. The van der Waals surface area contributed by atoms with Crippen molar-refractivity contribution >= 4 is 27.3 Å². The molecule has 0 spiro atoms. The van der Waals surface area contributed by atoms with Crippen molar-refractivity contribution in [1.82, 2.24) is 4.31 Å². The zero-order valence-corrected chi connectivity index (χ0v) is 10.9. The maximum absolute atomic E-state index is 12.3. The Morgan fingerprint density at radius 2 is 1.83 bits per heavy atom. The predicted molar refractivity (Wildman–Crippen MR) is 66.6 cm³/mol. The van der Waals surface area contributed by atoms with E-state index in [4.69, 9.17) is 17.3 Å². The number of nitrogen functional groups attached to an aromatic ring is 1. The number of aliphatic hydroxyl groups is 2. The molecule has 0 saturated carbocycles. The highest BCUT2D eigenvalue weighted by atomic mass is 35.5. The molecule has 2 rings (SSSR count). The van der Waals surface area contributed by atoms with Crippen molar-refractivity contribution in [3.05, 3.63) is 23.2 Å². The summed E-state index contributed by atoms with van der Waals surface area (Å²) < 4.78 is 25.5. The minimum atomic E-state index is -3.86. The van der Waals surface area contributed by atoms with Gasteiger partial charge in [-0.2, -0.15) is 4.31 Å². The number of hydrogen-bond acceptors (Lipinski definition) is 5. The Kier molecular flexibility index (Phi) is 3.52. The molecule has 0 aromatic heterocycles. The summed E-state index contributed by atoms with van der Waals surface area (Å²) in [6.45, 7) is -0.316. The highest BCUT2D eigenvalue weighted by molar-refractivity contribution is 7.89. The summed E-state index contributed by atoms with van der Waals surface area (Å²) in [4.78, 5) is -0.120. The topological polar surface area (TPSA) is 104 Å². The van der Waals surface area contributed by atoms with Gasteiger partial charge in [0.05, 0.1) is 17.2 Å². The smallest absolute Gasteiger partial charge is 0.244 e. The lowest BCUT2D eigenvalue weighted by Crippen LogP contribution is -2.30. The number of sulfonamides is 1. The van der Waals surface area contributed by atoms with Crippen LogP contribution in [0.4, 0.5) is 5.69 Å². The van der Waals surface area contributed by atoms with Crippen LogP contribution in [0.3, 0.4) is 0 Å². The Bertz CT molecular complexity index is 553. The number of β-amino-alcohol motifs (C(OH)–C–C–N with tert-alkyl or cyclic N) is 2. The molecule has 18 heavy (non-hydrogen) atoms. The van der Waals surface area contributed by atoms with E-state index in [1.54, 1.807) is 0 Å². The maximum Gasteiger partial charge on any atom is 0.244 e. The van der Waals surface area contributed by atoms with E-state index in [-0.39, 0.29) is 28.7 Å². The SMILES string of the molecule is Nc1ccc(Cl)c(S(=O)(=O)N2C[C@@H](O)[C@@H](O)C2)c1. The Morgan fingerprint density at radius 3 is 2.39 bits per heavy atom. The quantitative estimate of drug-likeness (QED) is 0.646. The van der Waals surface area contributed by atoms with Crippen LogP contribution >= 0.6 is 11.6 Å². The maximum atomic E-state index is 12.3. The summed E-state index contributed by atoms with van der Waals surface area (Å²) in [6, 6.07) is 4.15. The molecular weight excluding hydrogens is 280 g/mol. The van der Waals surface area contributed by atoms with Crippen molar-refractivity contribution in [1.29, 1.82) is 0 Å². The average Bonchev–Trinajstić information content (AvgIpc) is 2.63. The molecule has 6 nitrogen and oxygen atoms in total. The van der Waals surface area contributed by atoms with Crippen molar-refractivity contribution in [3.63, 3.8) is 0 Å². The number of rotatable bonds is 2. The number of nitrogens with two attached hydrogens (primary N) is 1. The number of hydrogen-bond donors (Lipinski definition) is 3. The molecule has 100 valence electrons. The summed E-state index contributed by atoms with van der Waals surface area (Å²) in [5.74, 6) is 0. The first-order valence-corrected chi connectivity index (χ1v) is 7.05. The van der Waals surface area contributed by atoms with E-state index in [0.717, 1.165) is 4.31 Å². The first-order chi connectivity index (χ1) is 8.32. The fourth-order valence-electron chi connectivity index (χ4n) is 1.79. The van der Waals surface area contributed by atoms with Crippen LogP contribution in [0.1, 0.15) is 0 Å². The third kappa shape index (κ3) is 2.32. The number of anilines is 1. The lowest BCUT2D eigenvalue weighted by Gasteiger charge is -2.16. The van der Waals surface area contributed by atoms with Gasteiger partial charge in [0.15, 0.2) is 0 Å². The van der Waals surface area contributed by atoms with Gasteiger partial charge in [-0.15, -0.1) is 0 Å². The van der Waals surface area contributed by atoms with Crippen LogP contribution in [-0.4, -0.2) is 48.2 Å². The van der Waals surface area contributed by atoms with Crippen molar-refractivity contribution in [2.24, 2.45) is 0 Å². The van der Waals surface area contributed by atoms with Crippen LogP contribution in [-0.2, 0) is 10.0 Å². The van der Waals surface area contributed by atoms with Crippen molar-refractivity contribution in [3.8, 4) is 0 Å². The lowest BCUT2D eigenvalue weighted by atomic mass is 10.3. The average molecular weight is 293 g/mol. The number of nitrogens with zero attached hydrogens (tertiary/aromatic N) is 1. The van der Waals surface area contributed by atoms with E-state index < -0.39 is 22.2 Å². The molecule has 1 heterocycles. The molecule has 1 aromatic carbocycles. The lowest BCUT2D eigenvalue weighted by molar-refractivity contribution is 0.0572. The van der Waals surface area contributed by atoms with Crippen LogP contribution < -0.4 is 5.73 Å². The third-order valence-corrected chi connectivity index (χ3v) is 5.11. The molecule has 0 radical (unpaired) electrons. The molecule has 0 aliphatic carbocycles. The summed E-state index contributed by atoms with van der Waals surface area (Å²) in [7, 11) is -3.86. The van der Waals surface area contributed by atoms with Crippen LogP contribution in [0.15, 0.2) is 23.1 Å². The highest BCUT2D eigenvalue weighted by Gasteiger charge is 2.38. The van der Waals surface area contributed by atoms with E-state index in [1.165, 1.54) is 18.2 Å². The zero-order chi connectivity index (χ0) is 13.5.